The van der Waals surface area contributed by atoms with E-state index in [1.165, 1.54) is 4.31 Å². The Morgan fingerprint density at radius 2 is 1.91 bits per heavy atom. The minimum Gasteiger partial charge on any atom is -0.308 e. The molecule has 1 aromatic carbocycles. The molecule has 1 atom stereocenters. The average molecular weight is 324 g/mol. The molecular weight excluding hydrogens is 300 g/mol. The Labute approximate surface area is 133 Å². The Hall–Kier alpha value is -1.40. The summed E-state index contributed by atoms with van der Waals surface area (Å²) in [4.78, 5) is 14.5. The van der Waals surface area contributed by atoms with Crippen LogP contribution in [0.25, 0.3) is 0 Å². The number of hydrogen-bond donors (Lipinski definition) is 0. The third kappa shape index (κ3) is 3.33. The molecule has 6 heteroatoms. The maximum absolute atomic E-state index is 12.7. The van der Waals surface area contributed by atoms with Gasteiger partial charge >= 0.3 is 0 Å². The van der Waals surface area contributed by atoms with Gasteiger partial charge in [0.1, 0.15) is 0 Å². The molecule has 0 aromatic heterocycles. The molecule has 1 heterocycles. The third-order valence-electron chi connectivity index (χ3n) is 3.90. The first-order chi connectivity index (χ1) is 10.0. The zero-order valence-electron chi connectivity index (χ0n) is 13.8. The molecule has 1 aliphatic rings. The van der Waals surface area contributed by atoms with Crippen molar-refractivity contribution in [3.05, 3.63) is 29.8 Å². The number of fused-ring (bicyclic) bond motifs is 1. The Morgan fingerprint density at radius 3 is 2.45 bits per heavy atom. The van der Waals surface area contributed by atoms with Gasteiger partial charge in [-0.05, 0) is 45.7 Å². The second-order valence-corrected chi connectivity index (χ2v) is 8.79. The molecule has 0 bridgehead atoms. The van der Waals surface area contributed by atoms with Crippen molar-refractivity contribution in [1.29, 1.82) is 0 Å². The molecule has 0 N–H and O–H groups in total. The van der Waals surface area contributed by atoms with E-state index in [-0.39, 0.29) is 18.5 Å². The SMILES string of the molecule is CC1Cc2ccccc2N1C(=O)CN(C(C)(C)C)S(C)(=O)=O. The summed E-state index contributed by atoms with van der Waals surface area (Å²) in [5.74, 6) is -0.183. The number of amides is 1. The summed E-state index contributed by atoms with van der Waals surface area (Å²) in [5.41, 5.74) is 1.39. The van der Waals surface area contributed by atoms with Crippen LogP contribution in [0.4, 0.5) is 5.69 Å². The summed E-state index contributed by atoms with van der Waals surface area (Å²) >= 11 is 0. The van der Waals surface area contributed by atoms with Crippen LogP contribution in [-0.2, 0) is 21.2 Å². The van der Waals surface area contributed by atoms with Crippen LogP contribution in [0.2, 0.25) is 0 Å². The molecule has 0 spiro atoms. The van der Waals surface area contributed by atoms with Gasteiger partial charge in [-0.1, -0.05) is 18.2 Å². The van der Waals surface area contributed by atoms with Crippen molar-refractivity contribution < 1.29 is 13.2 Å². The predicted molar refractivity (Wildman–Crippen MR) is 88.4 cm³/mol. The summed E-state index contributed by atoms with van der Waals surface area (Å²) in [6.07, 6.45) is 1.95. The van der Waals surface area contributed by atoms with E-state index in [4.69, 9.17) is 0 Å². The van der Waals surface area contributed by atoms with Crippen LogP contribution in [-0.4, -0.2) is 43.0 Å². The van der Waals surface area contributed by atoms with Crippen molar-refractivity contribution in [3.63, 3.8) is 0 Å². The normalized spacial score (nSPS) is 18.6. The molecule has 2 rings (SSSR count). The largest absolute Gasteiger partial charge is 0.308 e. The molecule has 0 aliphatic carbocycles. The van der Waals surface area contributed by atoms with Gasteiger partial charge in [0.25, 0.3) is 0 Å². The Bertz CT molecular complexity index is 677. The number of sulfonamides is 1. The van der Waals surface area contributed by atoms with Gasteiger partial charge in [0, 0.05) is 17.3 Å². The molecule has 0 saturated heterocycles. The van der Waals surface area contributed by atoms with E-state index in [9.17, 15) is 13.2 Å². The zero-order valence-corrected chi connectivity index (χ0v) is 14.6. The Balaban J connectivity index is 2.29. The molecule has 5 nitrogen and oxygen atoms in total. The second kappa shape index (κ2) is 5.66. The van der Waals surface area contributed by atoms with Gasteiger partial charge in [-0.25, -0.2) is 8.42 Å². The van der Waals surface area contributed by atoms with Crippen LogP contribution in [0.15, 0.2) is 24.3 Å². The highest BCUT2D eigenvalue weighted by atomic mass is 32.2. The highest BCUT2D eigenvalue weighted by molar-refractivity contribution is 7.88. The van der Waals surface area contributed by atoms with Gasteiger partial charge in [-0.3, -0.25) is 4.79 Å². The first-order valence-electron chi connectivity index (χ1n) is 7.39. The monoisotopic (exact) mass is 324 g/mol. The van der Waals surface area contributed by atoms with Gasteiger partial charge in [-0.2, -0.15) is 4.31 Å². The number of para-hydroxylation sites is 1. The van der Waals surface area contributed by atoms with Crippen LogP contribution in [0.3, 0.4) is 0 Å². The molecule has 0 saturated carbocycles. The summed E-state index contributed by atoms with van der Waals surface area (Å²) in [7, 11) is -3.46. The fourth-order valence-electron chi connectivity index (χ4n) is 3.00. The first-order valence-corrected chi connectivity index (χ1v) is 9.24. The standard InChI is InChI=1S/C16H24N2O3S/c1-12-10-13-8-6-7-9-14(13)18(12)15(19)11-17(16(2,3)4)22(5,20)21/h6-9,12H,10-11H2,1-5H3. The lowest BCUT2D eigenvalue weighted by Gasteiger charge is -2.34. The van der Waals surface area contributed by atoms with Crippen molar-refractivity contribution in [1.82, 2.24) is 4.31 Å². The minimum absolute atomic E-state index is 0.0475. The highest BCUT2D eigenvalue weighted by Crippen LogP contribution is 2.32. The van der Waals surface area contributed by atoms with E-state index < -0.39 is 15.6 Å². The van der Waals surface area contributed by atoms with Crippen molar-refractivity contribution in [2.45, 2.75) is 45.7 Å². The summed E-state index contributed by atoms with van der Waals surface area (Å²) in [6.45, 7) is 7.23. The number of rotatable bonds is 3. The minimum atomic E-state index is -3.46. The van der Waals surface area contributed by atoms with E-state index >= 15 is 0 Å². The molecule has 1 aromatic rings. The molecular formula is C16H24N2O3S. The van der Waals surface area contributed by atoms with E-state index in [0.717, 1.165) is 23.9 Å². The lowest BCUT2D eigenvalue weighted by atomic mass is 10.1. The molecule has 0 fully saturated rings. The van der Waals surface area contributed by atoms with Crippen molar-refractivity contribution in [2.75, 3.05) is 17.7 Å². The lowest BCUT2D eigenvalue weighted by molar-refractivity contribution is -0.119. The predicted octanol–water partition coefficient (Wildman–Crippen LogP) is 2.02. The number of nitrogens with zero attached hydrogens (tertiary/aromatic N) is 2. The summed E-state index contributed by atoms with van der Waals surface area (Å²) < 4.78 is 25.3. The topological polar surface area (TPSA) is 57.7 Å². The Morgan fingerprint density at radius 1 is 1.32 bits per heavy atom. The number of carbonyl (C=O) groups excluding carboxylic acids is 1. The fraction of sp³-hybridized carbons (Fsp3) is 0.562. The lowest BCUT2D eigenvalue weighted by Crippen LogP contribution is -2.51. The second-order valence-electron chi connectivity index (χ2n) is 6.89. The van der Waals surface area contributed by atoms with E-state index in [0.29, 0.717) is 0 Å². The van der Waals surface area contributed by atoms with E-state index in [1.54, 1.807) is 25.7 Å². The van der Waals surface area contributed by atoms with Gasteiger partial charge in [0.15, 0.2) is 0 Å². The van der Waals surface area contributed by atoms with Gasteiger partial charge in [0.05, 0.1) is 12.8 Å². The van der Waals surface area contributed by atoms with E-state index in [1.807, 2.05) is 31.2 Å². The van der Waals surface area contributed by atoms with Crippen molar-refractivity contribution in [3.8, 4) is 0 Å². The van der Waals surface area contributed by atoms with E-state index in [2.05, 4.69) is 0 Å². The number of anilines is 1. The summed E-state index contributed by atoms with van der Waals surface area (Å²) in [6, 6.07) is 7.83. The fourth-order valence-corrected chi connectivity index (χ4v) is 4.34. The zero-order chi connectivity index (χ0) is 16.7. The maximum Gasteiger partial charge on any atom is 0.242 e. The molecule has 122 valence electrons. The first kappa shape index (κ1) is 17.0. The van der Waals surface area contributed by atoms with Crippen LogP contribution in [0.1, 0.15) is 33.3 Å². The van der Waals surface area contributed by atoms with Crippen molar-refractivity contribution >= 4 is 21.6 Å². The quantitative estimate of drug-likeness (QED) is 0.855. The summed E-state index contributed by atoms with van der Waals surface area (Å²) in [5, 5.41) is 0. The molecule has 0 radical (unpaired) electrons. The van der Waals surface area contributed by atoms with Crippen LogP contribution < -0.4 is 4.90 Å². The maximum atomic E-state index is 12.7. The Kier molecular flexibility index (Phi) is 4.37. The van der Waals surface area contributed by atoms with Gasteiger partial charge in [-0.15, -0.1) is 0 Å². The number of carbonyl (C=O) groups is 1. The molecule has 1 aliphatic heterocycles. The average Bonchev–Trinajstić information content (AvgIpc) is 2.68. The molecule has 1 amide bonds. The van der Waals surface area contributed by atoms with Gasteiger partial charge < -0.3 is 4.90 Å². The number of hydrogen-bond acceptors (Lipinski definition) is 3. The van der Waals surface area contributed by atoms with Crippen LogP contribution >= 0.6 is 0 Å². The third-order valence-corrected chi connectivity index (χ3v) is 5.38. The van der Waals surface area contributed by atoms with Crippen LogP contribution in [0.5, 0.6) is 0 Å². The number of benzene rings is 1. The van der Waals surface area contributed by atoms with Gasteiger partial charge in [0.2, 0.25) is 15.9 Å². The smallest absolute Gasteiger partial charge is 0.242 e. The molecule has 1 unspecified atom stereocenters. The molecule has 22 heavy (non-hydrogen) atoms. The van der Waals surface area contributed by atoms with Crippen LogP contribution in [0, 0.1) is 0 Å². The highest BCUT2D eigenvalue weighted by Gasteiger charge is 2.36. The van der Waals surface area contributed by atoms with Crippen molar-refractivity contribution in [2.24, 2.45) is 0 Å².